The van der Waals surface area contributed by atoms with Crippen LogP contribution in [0.25, 0.3) is 22.3 Å². The third kappa shape index (κ3) is 2.44. The molecule has 130 valence electrons. The lowest BCUT2D eigenvalue weighted by Crippen LogP contribution is -2.03. The topological polar surface area (TPSA) is 130 Å². The summed E-state index contributed by atoms with van der Waals surface area (Å²) >= 11 is 0. The normalized spacial score (nSPS) is 10.8. The van der Waals surface area contributed by atoms with E-state index < -0.39 is 33.8 Å². The van der Waals surface area contributed by atoms with Gasteiger partial charge in [0.05, 0.1) is 14.2 Å². The first-order valence-electron chi connectivity index (χ1n) is 7.05. The molecule has 0 saturated heterocycles. The van der Waals surface area contributed by atoms with E-state index in [9.17, 15) is 25.2 Å². The van der Waals surface area contributed by atoms with Crippen molar-refractivity contribution in [3.63, 3.8) is 0 Å². The average molecular weight is 346 g/mol. The van der Waals surface area contributed by atoms with Gasteiger partial charge in [-0.15, -0.1) is 0 Å². The highest BCUT2D eigenvalue weighted by Crippen LogP contribution is 2.43. The van der Waals surface area contributed by atoms with Gasteiger partial charge < -0.3 is 34.3 Å². The molecule has 0 saturated carbocycles. The summed E-state index contributed by atoms with van der Waals surface area (Å²) in [5, 5.41) is 38.7. The van der Waals surface area contributed by atoms with Crippen molar-refractivity contribution < 1.29 is 34.3 Å². The highest BCUT2D eigenvalue weighted by Gasteiger charge is 2.22. The maximum atomic E-state index is 12.4. The van der Waals surface area contributed by atoms with E-state index in [2.05, 4.69) is 0 Å². The Kier molecular flexibility index (Phi) is 3.80. The van der Waals surface area contributed by atoms with Gasteiger partial charge >= 0.3 is 0 Å². The van der Waals surface area contributed by atoms with Crippen molar-refractivity contribution in [1.82, 2.24) is 0 Å². The molecule has 0 aliphatic carbocycles. The number of phenolic OH excluding ortho intramolecular Hbond substituents is 3. The van der Waals surface area contributed by atoms with Gasteiger partial charge in [-0.25, -0.2) is 0 Å². The molecule has 0 aliphatic rings. The summed E-state index contributed by atoms with van der Waals surface area (Å²) in [6.07, 6.45) is 0. The first kappa shape index (κ1) is 16.3. The zero-order valence-electron chi connectivity index (χ0n) is 13.2. The van der Waals surface area contributed by atoms with Gasteiger partial charge in [0.2, 0.25) is 16.9 Å². The van der Waals surface area contributed by atoms with Gasteiger partial charge in [-0.05, 0) is 18.2 Å². The zero-order valence-corrected chi connectivity index (χ0v) is 13.2. The van der Waals surface area contributed by atoms with Gasteiger partial charge in [0.1, 0.15) is 11.0 Å². The molecule has 1 heterocycles. The van der Waals surface area contributed by atoms with Crippen LogP contribution in [-0.4, -0.2) is 34.6 Å². The quantitative estimate of drug-likeness (QED) is 0.532. The lowest BCUT2D eigenvalue weighted by molar-refractivity contribution is 0.355. The third-order valence-electron chi connectivity index (χ3n) is 3.73. The highest BCUT2D eigenvalue weighted by atomic mass is 16.5. The summed E-state index contributed by atoms with van der Waals surface area (Å²) in [5.74, 6) is -2.59. The van der Waals surface area contributed by atoms with Gasteiger partial charge in [0.25, 0.3) is 0 Å². The monoisotopic (exact) mass is 346 g/mol. The number of fused-ring (bicyclic) bond motifs is 1. The molecule has 0 unspecified atom stereocenters. The number of rotatable bonds is 3. The van der Waals surface area contributed by atoms with Gasteiger partial charge in [-0.2, -0.15) is 0 Å². The van der Waals surface area contributed by atoms with Crippen LogP contribution in [0.4, 0.5) is 0 Å². The lowest BCUT2D eigenvalue weighted by atomic mass is 10.1. The zero-order chi connectivity index (χ0) is 18.3. The molecule has 1 aromatic heterocycles. The molecule has 0 aliphatic heterocycles. The lowest BCUT2D eigenvalue weighted by Gasteiger charge is -2.11. The molecule has 0 bridgehead atoms. The fraction of sp³-hybridized carbons (Fsp3) is 0.118. The maximum absolute atomic E-state index is 12.4. The SMILES string of the molecule is COc1ccc(-c2oc3cc(O)c(O)c(O)c3c(=O)c2O)cc1OC. The smallest absolute Gasteiger partial charge is 0.238 e. The molecule has 0 spiro atoms. The molecule has 0 fully saturated rings. The van der Waals surface area contributed by atoms with E-state index in [1.807, 2.05) is 0 Å². The molecule has 0 amide bonds. The maximum Gasteiger partial charge on any atom is 0.238 e. The number of benzene rings is 2. The molecule has 8 nitrogen and oxygen atoms in total. The molecular formula is C17H14O8. The van der Waals surface area contributed by atoms with E-state index in [0.29, 0.717) is 17.1 Å². The fourth-order valence-corrected chi connectivity index (χ4v) is 2.47. The number of methoxy groups -OCH3 is 2. The second kappa shape index (κ2) is 5.82. The van der Waals surface area contributed by atoms with Gasteiger partial charge in [-0.1, -0.05) is 0 Å². The van der Waals surface area contributed by atoms with Crippen LogP contribution >= 0.6 is 0 Å². The van der Waals surface area contributed by atoms with Crippen molar-refractivity contribution in [2.75, 3.05) is 14.2 Å². The highest BCUT2D eigenvalue weighted by molar-refractivity contribution is 5.91. The Bertz CT molecular complexity index is 1040. The second-order valence-electron chi connectivity index (χ2n) is 5.14. The predicted molar refractivity (Wildman–Crippen MR) is 87.7 cm³/mol. The van der Waals surface area contributed by atoms with Gasteiger partial charge in [-0.3, -0.25) is 4.79 Å². The molecule has 8 heteroatoms. The Morgan fingerprint density at radius 2 is 1.56 bits per heavy atom. The molecule has 3 aromatic rings. The number of hydrogen-bond donors (Lipinski definition) is 4. The standard InChI is InChI=1S/C17H14O8/c1-23-9-4-3-7(5-10(9)24-2)17-16(22)15(21)12-11(25-17)6-8(18)13(19)14(12)20/h3-6,18-20,22H,1-2H3. The first-order valence-corrected chi connectivity index (χ1v) is 7.05. The van der Waals surface area contributed by atoms with Crippen LogP contribution in [0, 0.1) is 0 Å². The number of hydrogen-bond acceptors (Lipinski definition) is 8. The Balaban J connectivity index is 2.33. The summed E-state index contributed by atoms with van der Waals surface area (Å²) in [4.78, 5) is 12.4. The summed E-state index contributed by atoms with van der Waals surface area (Å²) in [5.41, 5.74) is -0.861. The molecular weight excluding hydrogens is 332 g/mol. The van der Waals surface area contributed by atoms with Crippen LogP contribution in [-0.2, 0) is 0 Å². The van der Waals surface area contributed by atoms with E-state index in [1.54, 1.807) is 6.07 Å². The fourth-order valence-electron chi connectivity index (χ4n) is 2.47. The molecule has 25 heavy (non-hydrogen) atoms. The van der Waals surface area contributed by atoms with E-state index >= 15 is 0 Å². The number of phenols is 3. The van der Waals surface area contributed by atoms with E-state index in [0.717, 1.165) is 6.07 Å². The minimum Gasteiger partial charge on any atom is -0.504 e. The Hall–Kier alpha value is -3.55. The van der Waals surface area contributed by atoms with Gasteiger partial charge in [0, 0.05) is 11.6 Å². The number of aromatic hydroxyl groups is 4. The Morgan fingerprint density at radius 1 is 0.880 bits per heavy atom. The van der Waals surface area contributed by atoms with Crippen LogP contribution < -0.4 is 14.9 Å². The van der Waals surface area contributed by atoms with E-state index in [1.165, 1.54) is 26.4 Å². The minimum atomic E-state index is -0.959. The van der Waals surface area contributed by atoms with E-state index in [4.69, 9.17) is 13.9 Å². The summed E-state index contributed by atoms with van der Waals surface area (Å²) in [6.45, 7) is 0. The van der Waals surface area contributed by atoms with Crippen LogP contribution in [0.2, 0.25) is 0 Å². The largest absolute Gasteiger partial charge is 0.504 e. The second-order valence-corrected chi connectivity index (χ2v) is 5.14. The van der Waals surface area contributed by atoms with Crippen molar-refractivity contribution in [1.29, 1.82) is 0 Å². The summed E-state index contributed by atoms with van der Waals surface area (Å²) in [7, 11) is 2.89. The molecule has 0 atom stereocenters. The van der Waals surface area contributed by atoms with Crippen LogP contribution in [0.15, 0.2) is 33.5 Å². The first-order chi connectivity index (χ1) is 11.9. The van der Waals surface area contributed by atoms with E-state index in [-0.39, 0.29) is 11.3 Å². The van der Waals surface area contributed by atoms with Crippen molar-refractivity contribution in [2.24, 2.45) is 0 Å². The predicted octanol–water partition coefficient (Wildman–Crippen LogP) is 2.30. The number of ether oxygens (including phenoxy) is 2. The van der Waals surface area contributed by atoms with Crippen molar-refractivity contribution >= 4 is 11.0 Å². The molecule has 2 aromatic carbocycles. The van der Waals surface area contributed by atoms with Crippen LogP contribution in [0.5, 0.6) is 34.5 Å². The average Bonchev–Trinajstić information content (AvgIpc) is 2.62. The van der Waals surface area contributed by atoms with Gasteiger partial charge in [0.15, 0.2) is 28.8 Å². The van der Waals surface area contributed by atoms with Crippen molar-refractivity contribution in [3.8, 4) is 45.8 Å². The third-order valence-corrected chi connectivity index (χ3v) is 3.73. The Morgan fingerprint density at radius 3 is 2.20 bits per heavy atom. The van der Waals surface area contributed by atoms with Crippen LogP contribution in [0.3, 0.4) is 0 Å². The van der Waals surface area contributed by atoms with Crippen molar-refractivity contribution in [2.45, 2.75) is 0 Å². The molecule has 4 N–H and O–H groups in total. The van der Waals surface area contributed by atoms with Crippen molar-refractivity contribution in [3.05, 3.63) is 34.5 Å². The molecule has 3 rings (SSSR count). The Labute approximate surface area is 140 Å². The summed E-state index contributed by atoms with van der Waals surface area (Å²) in [6, 6.07) is 5.55. The minimum absolute atomic E-state index is 0.192. The summed E-state index contributed by atoms with van der Waals surface area (Å²) < 4.78 is 15.8. The van der Waals surface area contributed by atoms with Crippen LogP contribution in [0.1, 0.15) is 0 Å². The molecule has 0 radical (unpaired) electrons.